The standard InChI is InChI=1S/C25H24ClN3O4/c1-15-22-20(28-29-24(30)16-10-12-18(32-2)13-11-16)8-5-9-21(22)33-23(15)25(31)27-14-17-6-3-4-7-19(17)26/h3-4,6-7,10-13H,5,8-9,14H2,1-2H3,(H,27,31)(H,29,30)/b28-20+. The minimum Gasteiger partial charge on any atom is -0.497 e. The fourth-order valence-electron chi connectivity index (χ4n) is 3.82. The molecule has 2 amide bonds. The zero-order valence-electron chi connectivity index (χ0n) is 18.4. The minimum atomic E-state index is -0.323. The van der Waals surface area contributed by atoms with Gasteiger partial charge in [0, 0.05) is 34.7 Å². The maximum atomic E-state index is 12.8. The number of rotatable bonds is 6. The fourth-order valence-corrected chi connectivity index (χ4v) is 4.02. The molecule has 2 N–H and O–H groups in total. The SMILES string of the molecule is COc1ccc(C(=O)N/N=C2\CCCc3oc(C(=O)NCc4ccccc4Cl)c(C)c32)cc1. The minimum absolute atomic E-state index is 0.253. The van der Waals surface area contributed by atoms with E-state index < -0.39 is 0 Å². The molecule has 3 aromatic rings. The Morgan fingerprint density at radius 1 is 1.09 bits per heavy atom. The number of ether oxygens (including phenoxy) is 1. The first-order valence-corrected chi connectivity index (χ1v) is 11.0. The van der Waals surface area contributed by atoms with E-state index in [-0.39, 0.29) is 17.6 Å². The third kappa shape index (κ3) is 4.93. The molecular weight excluding hydrogens is 442 g/mol. The van der Waals surface area contributed by atoms with Crippen molar-refractivity contribution < 1.29 is 18.7 Å². The van der Waals surface area contributed by atoms with E-state index in [4.69, 9.17) is 20.8 Å². The van der Waals surface area contributed by atoms with Crippen molar-refractivity contribution in [1.29, 1.82) is 0 Å². The lowest BCUT2D eigenvalue weighted by Gasteiger charge is -2.13. The maximum absolute atomic E-state index is 12.8. The van der Waals surface area contributed by atoms with Crippen molar-refractivity contribution in [3.05, 3.63) is 87.3 Å². The number of methoxy groups -OCH3 is 1. The number of hydrogen-bond acceptors (Lipinski definition) is 5. The van der Waals surface area contributed by atoms with Crippen molar-refractivity contribution >= 4 is 29.1 Å². The topological polar surface area (TPSA) is 92.9 Å². The summed E-state index contributed by atoms with van der Waals surface area (Å²) in [4.78, 5) is 25.3. The van der Waals surface area contributed by atoms with E-state index in [2.05, 4.69) is 15.8 Å². The van der Waals surface area contributed by atoms with Gasteiger partial charge in [0.15, 0.2) is 5.76 Å². The number of hydrazone groups is 1. The van der Waals surface area contributed by atoms with Gasteiger partial charge in [-0.25, -0.2) is 5.43 Å². The molecule has 1 aliphatic rings. The van der Waals surface area contributed by atoms with Crippen molar-refractivity contribution in [1.82, 2.24) is 10.7 Å². The van der Waals surface area contributed by atoms with Crippen LogP contribution < -0.4 is 15.5 Å². The lowest BCUT2D eigenvalue weighted by molar-refractivity contribution is 0.0919. The van der Waals surface area contributed by atoms with Crippen molar-refractivity contribution in [2.75, 3.05) is 7.11 Å². The van der Waals surface area contributed by atoms with Gasteiger partial charge < -0.3 is 14.5 Å². The molecule has 4 rings (SSSR count). The number of hydrogen-bond donors (Lipinski definition) is 2. The summed E-state index contributed by atoms with van der Waals surface area (Å²) < 4.78 is 11.0. The van der Waals surface area contributed by atoms with Gasteiger partial charge in [0.2, 0.25) is 0 Å². The van der Waals surface area contributed by atoms with Crippen LogP contribution in [0.5, 0.6) is 5.75 Å². The van der Waals surface area contributed by atoms with Crippen molar-refractivity contribution in [2.45, 2.75) is 32.7 Å². The first kappa shape index (κ1) is 22.6. The van der Waals surface area contributed by atoms with Gasteiger partial charge in [-0.1, -0.05) is 29.8 Å². The van der Waals surface area contributed by atoms with Gasteiger partial charge in [-0.2, -0.15) is 5.10 Å². The summed E-state index contributed by atoms with van der Waals surface area (Å²) >= 11 is 6.18. The van der Waals surface area contributed by atoms with Crippen molar-refractivity contribution in [3.8, 4) is 5.75 Å². The van der Waals surface area contributed by atoms with Gasteiger partial charge in [0.1, 0.15) is 11.5 Å². The van der Waals surface area contributed by atoms with Crippen LogP contribution in [0.15, 0.2) is 58.0 Å². The summed E-state index contributed by atoms with van der Waals surface area (Å²) in [6.07, 6.45) is 2.20. The molecule has 2 aromatic carbocycles. The second-order valence-corrected chi connectivity index (χ2v) is 8.12. The Morgan fingerprint density at radius 3 is 2.58 bits per heavy atom. The average molecular weight is 466 g/mol. The normalized spacial score (nSPS) is 14.0. The maximum Gasteiger partial charge on any atom is 0.287 e. The molecule has 0 fully saturated rings. The zero-order chi connectivity index (χ0) is 23.4. The third-order valence-corrected chi connectivity index (χ3v) is 5.94. The molecule has 8 heteroatoms. The zero-order valence-corrected chi connectivity index (χ0v) is 19.2. The molecule has 0 atom stereocenters. The van der Waals surface area contributed by atoms with E-state index >= 15 is 0 Å². The van der Waals surface area contributed by atoms with Gasteiger partial charge in [-0.05, 0) is 55.7 Å². The summed E-state index contributed by atoms with van der Waals surface area (Å²) in [7, 11) is 1.57. The number of amides is 2. The number of benzene rings is 2. The molecular formula is C25H24ClN3O4. The van der Waals surface area contributed by atoms with Crippen LogP contribution in [0, 0.1) is 6.92 Å². The molecule has 7 nitrogen and oxygen atoms in total. The first-order valence-electron chi connectivity index (χ1n) is 10.6. The van der Waals surface area contributed by atoms with Crippen molar-refractivity contribution in [3.63, 3.8) is 0 Å². The number of carbonyl (C=O) groups excluding carboxylic acids is 2. The molecule has 0 spiro atoms. The number of furan rings is 1. The van der Waals surface area contributed by atoms with Crippen LogP contribution in [0.4, 0.5) is 0 Å². The summed E-state index contributed by atoms with van der Waals surface area (Å²) in [6.45, 7) is 2.13. The second-order valence-electron chi connectivity index (χ2n) is 7.71. The Kier molecular flexibility index (Phi) is 6.79. The molecule has 1 aliphatic carbocycles. The molecule has 170 valence electrons. The molecule has 1 aromatic heterocycles. The Hall–Kier alpha value is -3.58. The highest BCUT2D eigenvalue weighted by atomic mass is 35.5. The predicted octanol–water partition coefficient (Wildman–Crippen LogP) is 4.65. The third-order valence-electron chi connectivity index (χ3n) is 5.57. The second kappa shape index (κ2) is 9.92. The lowest BCUT2D eigenvalue weighted by atomic mass is 9.93. The Morgan fingerprint density at radius 2 is 1.85 bits per heavy atom. The highest BCUT2D eigenvalue weighted by Gasteiger charge is 2.28. The van der Waals surface area contributed by atoms with Gasteiger partial charge >= 0.3 is 0 Å². The van der Waals surface area contributed by atoms with Gasteiger partial charge in [-0.3, -0.25) is 9.59 Å². The summed E-state index contributed by atoms with van der Waals surface area (Å²) in [5.41, 5.74) is 6.11. The van der Waals surface area contributed by atoms with Crippen LogP contribution in [0.1, 0.15) is 56.2 Å². The van der Waals surface area contributed by atoms with Gasteiger partial charge in [0.25, 0.3) is 11.8 Å². The van der Waals surface area contributed by atoms with Crippen LogP contribution in [0.3, 0.4) is 0 Å². The van der Waals surface area contributed by atoms with Crippen LogP contribution >= 0.6 is 11.6 Å². The summed E-state index contributed by atoms with van der Waals surface area (Å²) in [6, 6.07) is 14.1. The molecule has 33 heavy (non-hydrogen) atoms. The molecule has 0 radical (unpaired) electrons. The number of carbonyl (C=O) groups is 2. The predicted molar refractivity (Wildman–Crippen MR) is 126 cm³/mol. The van der Waals surface area contributed by atoms with E-state index in [1.807, 2.05) is 25.1 Å². The fraction of sp³-hybridized carbons (Fsp3) is 0.240. The quantitative estimate of drug-likeness (QED) is 0.518. The Bertz CT molecular complexity index is 1210. The van der Waals surface area contributed by atoms with Crippen LogP contribution in [0.25, 0.3) is 0 Å². The average Bonchev–Trinajstić information content (AvgIpc) is 3.19. The number of fused-ring (bicyclic) bond motifs is 1. The Balaban J connectivity index is 1.50. The highest BCUT2D eigenvalue weighted by molar-refractivity contribution is 6.31. The highest BCUT2D eigenvalue weighted by Crippen LogP contribution is 2.30. The van der Waals surface area contributed by atoms with E-state index in [0.717, 1.165) is 17.5 Å². The number of halogens is 1. The van der Waals surface area contributed by atoms with E-state index in [1.54, 1.807) is 37.4 Å². The molecule has 0 saturated carbocycles. The van der Waals surface area contributed by atoms with Crippen LogP contribution in [-0.4, -0.2) is 24.6 Å². The number of aryl methyl sites for hydroxylation is 1. The van der Waals surface area contributed by atoms with Crippen LogP contribution in [0.2, 0.25) is 5.02 Å². The van der Waals surface area contributed by atoms with E-state index in [1.165, 1.54) is 0 Å². The molecule has 0 unspecified atom stereocenters. The molecule has 1 heterocycles. The van der Waals surface area contributed by atoms with Gasteiger partial charge in [0.05, 0.1) is 12.8 Å². The lowest BCUT2D eigenvalue weighted by Crippen LogP contribution is -2.23. The van der Waals surface area contributed by atoms with Crippen LogP contribution in [-0.2, 0) is 13.0 Å². The molecule has 0 aliphatic heterocycles. The summed E-state index contributed by atoms with van der Waals surface area (Å²) in [5, 5.41) is 7.82. The molecule has 0 bridgehead atoms. The monoisotopic (exact) mass is 465 g/mol. The number of nitrogens with zero attached hydrogens (tertiary/aromatic N) is 1. The Labute approximate surface area is 196 Å². The summed E-state index contributed by atoms with van der Waals surface area (Å²) in [5.74, 6) is 0.992. The smallest absolute Gasteiger partial charge is 0.287 e. The first-order chi connectivity index (χ1) is 16.0. The van der Waals surface area contributed by atoms with E-state index in [0.29, 0.717) is 52.8 Å². The van der Waals surface area contributed by atoms with Gasteiger partial charge in [-0.15, -0.1) is 0 Å². The van der Waals surface area contributed by atoms with E-state index in [9.17, 15) is 9.59 Å². The molecule has 0 saturated heterocycles. The van der Waals surface area contributed by atoms with Crippen molar-refractivity contribution in [2.24, 2.45) is 5.10 Å². The number of nitrogens with one attached hydrogen (secondary N) is 2. The largest absolute Gasteiger partial charge is 0.497 e.